The van der Waals surface area contributed by atoms with Crippen molar-refractivity contribution in [3.8, 4) is 0 Å². The summed E-state index contributed by atoms with van der Waals surface area (Å²) in [7, 11) is 0. The second-order valence-corrected chi connectivity index (χ2v) is 4.45. The zero-order chi connectivity index (χ0) is 12.4. The Morgan fingerprint density at radius 1 is 1.00 bits per heavy atom. The normalized spacial score (nSPS) is 10.2. The molecule has 0 heterocycles. The number of rotatable bonds is 2. The number of nitrogens with two attached hydrogens (primary N) is 2. The van der Waals surface area contributed by atoms with E-state index in [2.05, 4.69) is 21.2 Å². The molecule has 2 rings (SSSR count). The Kier molecular flexibility index (Phi) is 3.19. The van der Waals surface area contributed by atoms with Crippen molar-refractivity contribution in [2.75, 3.05) is 16.8 Å². The molecule has 0 bridgehead atoms. The number of nitrogen functional groups attached to an aromatic ring is 2. The molecule has 0 amide bonds. The third-order valence-electron chi connectivity index (χ3n) is 2.30. The first-order valence-corrected chi connectivity index (χ1v) is 5.72. The minimum atomic E-state index is -0.292. The average Bonchev–Trinajstić information content (AvgIpc) is 2.27. The van der Waals surface area contributed by atoms with E-state index in [9.17, 15) is 4.39 Å². The Balaban J connectivity index is 2.28. The van der Waals surface area contributed by atoms with Crippen LogP contribution in [0.15, 0.2) is 40.9 Å². The molecule has 0 saturated carbocycles. The Morgan fingerprint density at radius 2 is 1.76 bits per heavy atom. The van der Waals surface area contributed by atoms with E-state index in [1.54, 1.807) is 18.2 Å². The van der Waals surface area contributed by atoms with E-state index in [-0.39, 0.29) is 5.82 Å². The van der Waals surface area contributed by atoms with E-state index >= 15 is 0 Å². The summed E-state index contributed by atoms with van der Waals surface area (Å²) in [5.74, 6) is -0.292. The van der Waals surface area contributed by atoms with Crippen molar-refractivity contribution in [2.45, 2.75) is 0 Å². The SMILES string of the molecule is Nc1ccc(Nc2ccc(F)cc2Br)cc1N. The molecule has 0 aliphatic carbocycles. The molecule has 5 N–H and O–H groups in total. The summed E-state index contributed by atoms with van der Waals surface area (Å²) in [6, 6.07) is 9.67. The lowest BCUT2D eigenvalue weighted by Gasteiger charge is -2.10. The molecule has 88 valence electrons. The van der Waals surface area contributed by atoms with Gasteiger partial charge in [0.05, 0.1) is 17.1 Å². The first-order valence-electron chi connectivity index (χ1n) is 4.93. The fraction of sp³-hybridized carbons (Fsp3) is 0. The average molecular weight is 296 g/mol. The highest BCUT2D eigenvalue weighted by Crippen LogP contribution is 2.28. The standard InChI is InChI=1S/C12H11BrFN3/c13-9-5-7(14)1-4-12(9)17-8-2-3-10(15)11(16)6-8/h1-6,17H,15-16H2. The number of nitrogens with one attached hydrogen (secondary N) is 1. The Morgan fingerprint density at radius 3 is 2.41 bits per heavy atom. The fourth-order valence-electron chi connectivity index (χ4n) is 1.40. The van der Waals surface area contributed by atoms with Crippen molar-refractivity contribution in [1.29, 1.82) is 0 Å². The molecule has 0 unspecified atom stereocenters. The van der Waals surface area contributed by atoms with Crippen molar-refractivity contribution in [1.82, 2.24) is 0 Å². The molecule has 0 aromatic heterocycles. The van der Waals surface area contributed by atoms with Gasteiger partial charge in [-0.25, -0.2) is 4.39 Å². The molecule has 5 heteroatoms. The second-order valence-electron chi connectivity index (χ2n) is 3.59. The van der Waals surface area contributed by atoms with Crippen LogP contribution in [0.5, 0.6) is 0 Å². The van der Waals surface area contributed by atoms with Crippen LogP contribution in [0.3, 0.4) is 0 Å². The molecule has 17 heavy (non-hydrogen) atoms. The molecule has 0 saturated heterocycles. The molecule has 3 nitrogen and oxygen atoms in total. The van der Waals surface area contributed by atoms with Crippen LogP contribution in [0.2, 0.25) is 0 Å². The van der Waals surface area contributed by atoms with Crippen LogP contribution in [0.1, 0.15) is 0 Å². The van der Waals surface area contributed by atoms with Crippen LogP contribution in [-0.4, -0.2) is 0 Å². The zero-order valence-corrected chi connectivity index (χ0v) is 10.5. The van der Waals surface area contributed by atoms with Gasteiger partial charge in [0.15, 0.2) is 0 Å². The first-order chi connectivity index (χ1) is 8.06. The highest BCUT2D eigenvalue weighted by atomic mass is 79.9. The minimum Gasteiger partial charge on any atom is -0.397 e. The molecule has 0 atom stereocenters. The third-order valence-corrected chi connectivity index (χ3v) is 2.95. The zero-order valence-electron chi connectivity index (χ0n) is 8.87. The molecule has 0 aliphatic heterocycles. The number of anilines is 4. The Bertz CT molecular complexity index is 557. The van der Waals surface area contributed by atoms with Gasteiger partial charge in [-0.15, -0.1) is 0 Å². The van der Waals surface area contributed by atoms with E-state index in [0.717, 1.165) is 11.4 Å². The lowest BCUT2D eigenvalue weighted by Crippen LogP contribution is -1.97. The van der Waals surface area contributed by atoms with E-state index < -0.39 is 0 Å². The lowest BCUT2D eigenvalue weighted by molar-refractivity contribution is 0.627. The van der Waals surface area contributed by atoms with Gasteiger partial charge in [-0.2, -0.15) is 0 Å². The largest absolute Gasteiger partial charge is 0.397 e. The summed E-state index contributed by atoms with van der Waals surface area (Å²) < 4.78 is 13.6. The van der Waals surface area contributed by atoms with Crippen LogP contribution in [0.4, 0.5) is 27.1 Å². The summed E-state index contributed by atoms with van der Waals surface area (Å²) in [6.07, 6.45) is 0. The first kappa shape index (κ1) is 11.7. The lowest BCUT2D eigenvalue weighted by atomic mass is 10.2. The summed E-state index contributed by atoms with van der Waals surface area (Å²) in [6.45, 7) is 0. The summed E-state index contributed by atoms with van der Waals surface area (Å²) in [4.78, 5) is 0. The predicted octanol–water partition coefficient (Wildman–Crippen LogP) is 3.50. The third kappa shape index (κ3) is 2.68. The van der Waals surface area contributed by atoms with Crippen LogP contribution in [-0.2, 0) is 0 Å². The summed E-state index contributed by atoms with van der Waals surface area (Å²) >= 11 is 3.28. The number of hydrogen-bond donors (Lipinski definition) is 3. The van der Waals surface area contributed by atoms with Gasteiger partial charge in [0.2, 0.25) is 0 Å². The minimum absolute atomic E-state index is 0.292. The van der Waals surface area contributed by atoms with Gasteiger partial charge in [0.1, 0.15) is 5.82 Å². The quantitative estimate of drug-likeness (QED) is 0.743. The molecule has 0 aliphatic rings. The summed E-state index contributed by atoms with van der Waals surface area (Å²) in [5, 5.41) is 3.12. The predicted molar refractivity (Wildman–Crippen MR) is 72.6 cm³/mol. The highest BCUT2D eigenvalue weighted by Gasteiger charge is 2.03. The maximum Gasteiger partial charge on any atom is 0.124 e. The summed E-state index contributed by atoms with van der Waals surface area (Å²) in [5.41, 5.74) is 13.9. The smallest absolute Gasteiger partial charge is 0.124 e. The van der Waals surface area contributed by atoms with Gasteiger partial charge in [-0.3, -0.25) is 0 Å². The molecule has 0 radical (unpaired) electrons. The van der Waals surface area contributed by atoms with Gasteiger partial charge in [0, 0.05) is 10.2 Å². The van der Waals surface area contributed by atoms with Crippen LogP contribution in [0.25, 0.3) is 0 Å². The molecular formula is C12H11BrFN3. The maximum absolute atomic E-state index is 12.9. The van der Waals surface area contributed by atoms with Crippen molar-refractivity contribution in [3.63, 3.8) is 0 Å². The van der Waals surface area contributed by atoms with Gasteiger partial charge in [0.25, 0.3) is 0 Å². The van der Waals surface area contributed by atoms with Crippen molar-refractivity contribution < 1.29 is 4.39 Å². The number of hydrogen-bond acceptors (Lipinski definition) is 3. The number of benzene rings is 2. The molecule has 0 spiro atoms. The topological polar surface area (TPSA) is 64.1 Å². The molecule has 2 aromatic carbocycles. The molecular weight excluding hydrogens is 285 g/mol. The Labute approximate surface area is 107 Å². The van der Waals surface area contributed by atoms with E-state index in [1.165, 1.54) is 12.1 Å². The highest BCUT2D eigenvalue weighted by molar-refractivity contribution is 9.10. The van der Waals surface area contributed by atoms with Crippen molar-refractivity contribution >= 4 is 38.7 Å². The van der Waals surface area contributed by atoms with E-state index in [1.807, 2.05) is 6.07 Å². The second kappa shape index (κ2) is 4.63. The number of halogens is 2. The van der Waals surface area contributed by atoms with Gasteiger partial charge in [-0.05, 0) is 52.3 Å². The van der Waals surface area contributed by atoms with E-state index in [4.69, 9.17) is 11.5 Å². The maximum atomic E-state index is 12.9. The van der Waals surface area contributed by atoms with Gasteiger partial charge < -0.3 is 16.8 Å². The fourth-order valence-corrected chi connectivity index (χ4v) is 1.85. The monoisotopic (exact) mass is 295 g/mol. The van der Waals surface area contributed by atoms with Gasteiger partial charge in [-0.1, -0.05) is 0 Å². The van der Waals surface area contributed by atoms with Crippen LogP contribution >= 0.6 is 15.9 Å². The Hall–Kier alpha value is -1.75. The van der Waals surface area contributed by atoms with Crippen LogP contribution in [0, 0.1) is 5.82 Å². The molecule has 2 aromatic rings. The van der Waals surface area contributed by atoms with Crippen LogP contribution < -0.4 is 16.8 Å². The van der Waals surface area contributed by atoms with E-state index in [0.29, 0.717) is 15.8 Å². The van der Waals surface area contributed by atoms with Crippen molar-refractivity contribution in [3.05, 3.63) is 46.7 Å². The molecule has 0 fully saturated rings. The van der Waals surface area contributed by atoms with Crippen molar-refractivity contribution in [2.24, 2.45) is 0 Å². The van der Waals surface area contributed by atoms with Gasteiger partial charge >= 0.3 is 0 Å².